The van der Waals surface area contributed by atoms with Gasteiger partial charge in [-0.1, -0.05) is 41.9 Å². The van der Waals surface area contributed by atoms with Crippen LogP contribution in [0, 0.1) is 6.92 Å². The van der Waals surface area contributed by atoms with Crippen molar-refractivity contribution in [2.75, 3.05) is 0 Å². The third-order valence-electron chi connectivity index (χ3n) is 5.42. The molecule has 2 heterocycles. The maximum absolute atomic E-state index is 12.8. The minimum atomic E-state index is -0.166. The number of aromatic amines is 1. The van der Waals surface area contributed by atoms with Crippen molar-refractivity contribution in [3.63, 3.8) is 0 Å². The van der Waals surface area contributed by atoms with Crippen molar-refractivity contribution in [3.8, 4) is 0 Å². The molecule has 0 aliphatic rings. The number of halogens is 1. The number of fused-ring (bicyclic) bond motifs is 1. The second-order valence-electron chi connectivity index (χ2n) is 7.83. The number of furan rings is 1. The molecule has 7 heteroatoms. The molecule has 0 amide bonds. The molecular weight excluding hydrogens is 442 g/mol. The summed E-state index contributed by atoms with van der Waals surface area (Å²) in [6.45, 7) is 4.78. The summed E-state index contributed by atoms with van der Waals surface area (Å²) >= 11 is 12.0. The van der Waals surface area contributed by atoms with Gasteiger partial charge in [0, 0.05) is 16.1 Å². The first kappa shape index (κ1) is 22.1. The minimum absolute atomic E-state index is 0.0162. The normalized spacial score (nSPS) is 12.0. The fourth-order valence-electron chi connectivity index (χ4n) is 3.60. The number of thiocarbonyl (C=S) groups is 1. The second-order valence-corrected chi connectivity index (χ2v) is 8.62. The average molecular weight is 466 g/mol. The van der Waals surface area contributed by atoms with Crippen LogP contribution >= 0.6 is 23.8 Å². The standard InChI is InChI=1S/C25H24ClN3O2S/c1-16-11-19-12-20(24(30)28-23(19)13-22(16)26)14-29(15-21-9-6-10-31-21)25(32)27-17(2)18-7-4-3-5-8-18/h3-13,17H,14-15H2,1-2H3,(H,27,32)(H,28,30)/t17-/m1/s1. The van der Waals surface area contributed by atoms with Gasteiger partial charge in [-0.05, 0) is 72.9 Å². The zero-order valence-corrected chi connectivity index (χ0v) is 19.5. The van der Waals surface area contributed by atoms with E-state index in [9.17, 15) is 4.79 Å². The van der Waals surface area contributed by atoms with Crippen LogP contribution in [0.1, 0.15) is 35.4 Å². The molecule has 0 unspecified atom stereocenters. The first-order valence-electron chi connectivity index (χ1n) is 10.4. The van der Waals surface area contributed by atoms with Gasteiger partial charge in [-0.2, -0.15) is 0 Å². The minimum Gasteiger partial charge on any atom is -0.467 e. The van der Waals surface area contributed by atoms with Crippen LogP contribution in [0.3, 0.4) is 0 Å². The zero-order valence-electron chi connectivity index (χ0n) is 17.9. The Morgan fingerprint density at radius 1 is 1.16 bits per heavy atom. The lowest BCUT2D eigenvalue weighted by Crippen LogP contribution is -2.41. The van der Waals surface area contributed by atoms with Gasteiger partial charge in [-0.15, -0.1) is 0 Å². The van der Waals surface area contributed by atoms with E-state index in [-0.39, 0.29) is 11.6 Å². The monoisotopic (exact) mass is 465 g/mol. The molecule has 0 radical (unpaired) electrons. The van der Waals surface area contributed by atoms with E-state index in [1.165, 1.54) is 0 Å². The van der Waals surface area contributed by atoms with Crippen LogP contribution < -0.4 is 10.9 Å². The molecule has 0 saturated heterocycles. The summed E-state index contributed by atoms with van der Waals surface area (Å²) < 4.78 is 5.54. The predicted octanol–water partition coefficient (Wildman–Crippen LogP) is 5.72. The average Bonchev–Trinajstić information content (AvgIpc) is 3.29. The summed E-state index contributed by atoms with van der Waals surface area (Å²) in [5.74, 6) is 0.765. The van der Waals surface area contributed by atoms with E-state index < -0.39 is 0 Å². The molecule has 4 aromatic rings. The largest absolute Gasteiger partial charge is 0.467 e. The van der Waals surface area contributed by atoms with Gasteiger partial charge >= 0.3 is 0 Å². The summed E-state index contributed by atoms with van der Waals surface area (Å²) in [6.07, 6.45) is 1.63. The Labute approximate surface area is 197 Å². The highest BCUT2D eigenvalue weighted by Gasteiger charge is 2.17. The Morgan fingerprint density at radius 2 is 1.94 bits per heavy atom. The number of hydrogen-bond donors (Lipinski definition) is 2. The SMILES string of the molecule is Cc1cc2cc(CN(Cc3ccco3)C(=S)N[C@H](C)c3ccccc3)c(=O)[nH]c2cc1Cl. The van der Waals surface area contributed by atoms with Crippen molar-refractivity contribution in [3.05, 3.63) is 105 Å². The smallest absolute Gasteiger partial charge is 0.253 e. The Balaban J connectivity index is 1.62. The molecule has 0 aliphatic carbocycles. The van der Waals surface area contributed by atoms with Gasteiger partial charge in [0.15, 0.2) is 5.11 Å². The Kier molecular flexibility index (Phi) is 6.63. The lowest BCUT2D eigenvalue weighted by Gasteiger charge is -2.27. The topological polar surface area (TPSA) is 61.3 Å². The molecule has 2 aromatic carbocycles. The highest BCUT2D eigenvalue weighted by Crippen LogP contribution is 2.22. The van der Waals surface area contributed by atoms with Gasteiger partial charge in [-0.3, -0.25) is 4.79 Å². The number of aryl methyl sites for hydroxylation is 1. The summed E-state index contributed by atoms with van der Waals surface area (Å²) in [6, 6.07) is 19.5. The molecule has 164 valence electrons. The number of aromatic nitrogens is 1. The molecule has 0 saturated carbocycles. The first-order chi connectivity index (χ1) is 15.4. The number of rotatable bonds is 6. The molecule has 2 aromatic heterocycles. The summed E-state index contributed by atoms with van der Waals surface area (Å²) in [4.78, 5) is 17.7. The van der Waals surface area contributed by atoms with Crippen molar-refractivity contribution in [1.82, 2.24) is 15.2 Å². The number of hydrogen-bond acceptors (Lipinski definition) is 3. The number of nitrogens with zero attached hydrogens (tertiary/aromatic N) is 1. The predicted molar refractivity (Wildman–Crippen MR) is 133 cm³/mol. The Hall–Kier alpha value is -3.09. The number of pyridine rings is 1. The van der Waals surface area contributed by atoms with Gasteiger partial charge < -0.3 is 19.6 Å². The third kappa shape index (κ3) is 5.03. The van der Waals surface area contributed by atoms with Crippen LogP contribution in [-0.4, -0.2) is 15.0 Å². The van der Waals surface area contributed by atoms with E-state index in [2.05, 4.69) is 29.4 Å². The van der Waals surface area contributed by atoms with Gasteiger partial charge in [0.05, 0.1) is 25.4 Å². The number of nitrogens with one attached hydrogen (secondary N) is 2. The van der Waals surface area contributed by atoms with E-state index in [4.69, 9.17) is 28.2 Å². The zero-order chi connectivity index (χ0) is 22.7. The van der Waals surface area contributed by atoms with Crippen LogP contribution in [0.15, 0.2) is 76.1 Å². The van der Waals surface area contributed by atoms with Crippen LogP contribution in [0.2, 0.25) is 5.02 Å². The van der Waals surface area contributed by atoms with Gasteiger partial charge in [-0.25, -0.2) is 0 Å². The van der Waals surface area contributed by atoms with E-state index in [1.54, 1.807) is 12.3 Å². The highest BCUT2D eigenvalue weighted by molar-refractivity contribution is 7.80. The lowest BCUT2D eigenvalue weighted by atomic mass is 10.1. The molecule has 32 heavy (non-hydrogen) atoms. The van der Waals surface area contributed by atoms with Crippen LogP contribution in [0.4, 0.5) is 0 Å². The maximum Gasteiger partial charge on any atom is 0.253 e. The quantitative estimate of drug-likeness (QED) is 0.356. The Bertz CT molecular complexity index is 1290. The van der Waals surface area contributed by atoms with E-state index in [1.807, 2.05) is 54.3 Å². The molecule has 1 atom stereocenters. The van der Waals surface area contributed by atoms with Crippen molar-refractivity contribution in [2.45, 2.75) is 33.0 Å². The number of H-pyrrole nitrogens is 1. The van der Waals surface area contributed by atoms with Gasteiger partial charge in [0.25, 0.3) is 5.56 Å². The Morgan fingerprint density at radius 3 is 2.66 bits per heavy atom. The van der Waals surface area contributed by atoms with Crippen LogP contribution in [0.25, 0.3) is 10.9 Å². The lowest BCUT2D eigenvalue weighted by molar-refractivity contribution is 0.347. The van der Waals surface area contributed by atoms with Crippen molar-refractivity contribution in [2.24, 2.45) is 0 Å². The summed E-state index contributed by atoms with van der Waals surface area (Å²) in [7, 11) is 0. The molecule has 0 aliphatic heterocycles. The van der Waals surface area contributed by atoms with E-state index >= 15 is 0 Å². The summed E-state index contributed by atoms with van der Waals surface area (Å²) in [5.41, 5.74) is 3.25. The molecule has 4 rings (SSSR count). The highest BCUT2D eigenvalue weighted by atomic mass is 35.5. The first-order valence-corrected chi connectivity index (χ1v) is 11.1. The fourth-order valence-corrected chi connectivity index (χ4v) is 4.07. The van der Waals surface area contributed by atoms with Crippen molar-refractivity contribution < 1.29 is 4.42 Å². The van der Waals surface area contributed by atoms with Crippen LogP contribution in [0.5, 0.6) is 0 Å². The third-order valence-corrected chi connectivity index (χ3v) is 6.20. The van der Waals surface area contributed by atoms with E-state index in [0.717, 1.165) is 22.3 Å². The summed E-state index contributed by atoms with van der Waals surface area (Å²) in [5, 5.41) is 5.49. The van der Waals surface area contributed by atoms with Crippen molar-refractivity contribution >= 4 is 39.8 Å². The molecule has 0 bridgehead atoms. The molecule has 0 spiro atoms. The molecule has 0 fully saturated rings. The van der Waals surface area contributed by atoms with Gasteiger partial charge in [0.2, 0.25) is 0 Å². The van der Waals surface area contributed by atoms with Gasteiger partial charge in [0.1, 0.15) is 5.76 Å². The van der Waals surface area contributed by atoms with E-state index in [0.29, 0.717) is 34.3 Å². The second kappa shape index (κ2) is 9.59. The van der Waals surface area contributed by atoms with Crippen molar-refractivity contribution in [1.29, 1.82) is 0 Å². The van der Waals surface area contributed by atoms with Crippen LogP contribution in [-0.2, 0) is 13.1 Å². The molecule has 5 nitrogen and oxygen atoms in total. The fraction of sp³-hybridized carbons (Fsp3) is 0.200. The maximum atomic E-state index is 12.8. The molecule has 2 N–H and O–H groups in total. The number of benzene rings is 2. The molecular formula is C25H24ClN3O2S.